The van der Waals surface area contributed by atoms with Gasteiger partial charge in [0.1, 0.15) is 25.0 Å². The molecule has 0 aliphatic heterocycles. The molecule has 0 fully saturated rings. The van der Waals surface area contributed by atoms with Gasteiger partial charge in [-0.3, -0.25) is 0 Å². The lowest BCUT2D eigenvalue weighted by atomic mass is 10.0. The van der Waals surface area contributed by atoms with Crippen LogP contribution in [0.5, 0.6) is 5.75 Å². The number of aromatic amines is 1. The molecule has 1 heterocycles. The van der Waals surface area contributed by atoms with Gasteiger partial charge >= 0.3 is 0 Å². The maximum absolute atomic E-state index is 10.7. The third-order valence-corrected chi connectivity index (χ3v) is 5.40. The summed E-state index contributed by atoms with van der Waals surface area (Å²) in [5.41, 5.74) is 3.62. The first kappa shape index (κ1) is 20.4. The van der Waals surface area contributed by atoms with Crippen molar-refractivity contribution in [3.63, 3.8) is 0 Å². The molecule has 3 N–H and O–H groups in total. The van der Waals surface area contributed by atoms with Gasteiger partial charge in [-0.25, -0.2) is 0 Å². The highest BCUT2D eigenvalue weighted by Gasteiger charge is 2.27. The minimum absolute atomic E-state index is 0.0625. The predicted octanol–water partition coefficient (Wildman–Crippen LogP) is 3.14. The van der Waals surface area contributed by atoms with Crippen molar-refractivity contribution in [2.75, 3.05) is 19.7 Å². The van der Waals surface area contributed by atoms with Crippen LogP contribution >= 0.6 is 0 Å². The number of H-pyrrole nitrogens is 1. The number of hydrogen-bond donors (Lipinski definition) is 3. The van der Waals surface area contributed by atoms with Crippen LogP contribution in [0.25, 0.3) is 10.9 Å². The van der Waals surface area contributed by atoms with Crippen molar-refractivity contribution in [2.24, 2.45) is 0 Å². The molecule has 0 spiro atoms. The van der Waals surface area contributed by atoms with Crippen LogP contribution in [0.4, 0.5) is 0 Å². The number of aryl methyl sites for hydroxylation is 1. The van der Waals surface area contributed by atoms with E-state index in [4.69, 9.17) is 4.74 Å². The van der Waals surface area contributed by atoms with E-state index >= 15 is 0 Å². The summed E-state index contributed by atoms with van der Waals surface area (Å²) in [4.78, 5) is 4.63. The van der Waals surface area contributed by atoms with E-state index in [1.165, 1.54) is 10.5 Å². The second kappa shape index (κ2) is 8.80. The quantitative estimate of drug-likeness (QED) is 0.561. The van der Waals surface area contributed by atoms with Crippen molar-refractivity contribution in [3.05, 3.63) is 65.9 Å². The van der Waals surface area contributed by atoms with Crippen molar-refractivity contribution >= 4 is 10.9 Å². The first-order valence-corrected chi connectivity index (χ1v) is 10.1. The Hall–Kier alpha value is -2.30. The lowest BCUT2D eigenvalue weighted by Crippen LogP contribution is -3.20. The average Bonchev–Trinajstić information content (AvgIpc) is 3.05. The Balaban J connectivity index is 1.60. The van der Waals surface area contributed by atoms with Crippen molar-refractivity contribution in [1.82, 2.24) is 4.98 Å². The van der Waals surface area contributed by atoms with Crippen LogP contribution < -0.4 is 9.64 Å². The molecule has 0 aliphatic carbocycles. The van der Waals surface area contributed by atoms with Gasteiger partial charge in [-0.1, -0.05) is 36.4 Å². The largest absolute Gasteiger partial charge is 0.490 e. The fraction of sp³-hybridized carbons (Fsp3) is 0.417. The maximum atomic E-state index is 10.7. The third kappa shape index (κ3) is 5.15. The summed E-state index contributed by atoms with van der Waals surface area (Å²) in [5, 5.41) is 11.8. The summed E-state index contributed by atoms with van der Waals surface area (Å²) in [5.74, 6) is 0.830. The van der Waals surface area contributed by atoms with E-state index in [-0.39, 0.29) is 5.54 Å². The Morgan fingerprint density at radius 1 is 1.07 bits per heavy atom. The number of benzene rings is 2. The van der Waals surface area contributed by atoms with Gasteiger partial charge in [-0.2, -0.15) is 0 Å². The fourth-order valence-electron chi connectivity index (χ4n) is 3.69. The molecule has 2 atom stereocenters. The maximum Gasteiger partial charge on any atom is 0.137 e. The Kier molecular flexibility index (Phi) is 6.42. The van der Waals surface area contributed by atoms with Gasteiger partial charge in [-0.05, 0) is 51.0 Å². The smallest absolute Gasteiger partial charge is 0.137 e. The zero-order chi connectivity index (χ0) is 20.1. The number of rotatable bonds is 8. The predicted molar refractivity (Wildman–Crippen MR) is 115 cm³/mol. The number of hydrogen-bond acceptors (Lipinski definition) is 2. The molecule has 4 heteroatoms. The van der Waals surface area contributed by atoms with Gasteiger partial charge in [0.2, 0.25) is 0 Å². The number of aromatic nitrogens is 1. The second-order valence-electron chi connectivity index (χ2n) is 8.66. The van der Waals surface area contributed by atoms with E-state index in [2.05, 4.69) is 56.9 Å². The van der Waals surface area contributed by atoms with Crippen molar-refractivity contribution in [1.29, 1.82) is 0 Å². The van der Waals surface area contributed by atoms with Crippen LogP contribution in [-0.2, 0) is 6.42 Å². The Labute approximate surface area is 168 Å². The molecule has 0 saturated heterocycles. The molecular formula is C24H33N2O2+. The molecular weight excluding hydrogens is 348 g/mol. The van der Waals surface area contributed by atoms with Crippen LogP contribution in [0.3, 0.4) is 0 Å². The lowest BCUT2D eigenvalue weighted by molar-refractivity contribution is -0.949. The third-order valence-electron chi connectivity index (χ3n) is 5.40. The SMILES string of the molecule is Cc1c[nH]c2cccc(OC[C@@H](O)C[NH+](CCc3ccccc3)C(C)(C)C)c12. The van der Waals surface area contributed by atoms with Crippen LogP contribution in [0.15, 0.2) is 54.7 Å². The molecule has 1 unspecified atom stereocenters. The molecule has 150 valence electrons. The summed E-state index contributed by atoms with van der Waals surface area (Å²) >= 11 is 0. The van der Waals surface area contributed by atoms with E-state index in [9.17, 15) is 5.11 Å². The van der Waals surface area contributed by atoms with Gasteiger partial charge in [0.15, 0.2) is 0 Å². The number of fused-ring (bicyclic) bond motifs is 1. The Bertz CT molecular complexity index is 881. The summed E-state index contributed by atoms with van der Waals surface area (Å²) in [7, 11) is 0. The van der Waals surface area contributed by atoms with Gasteiger partial charge < -0.3 is 19.7 Å². The zero-order valence-electron chi connectivity index (χ0n) is 17.5. The summed E-state index contributed by atoms with van der Waals surface area (Å²) in [6.45, 7) is 10.7. The molecule has 0 radical (unpaired) electrons. The van der Waals surface area contributed by atoms with E-state index in [1.54, 1.807) is 0 Å². The highest BCUT2D eigenvalue weighted by atomic mass is 16.5. The summed E-state index contributed by atoms with van der Waals surface area (Å²) in [6, 6.07) is 16.5. The van der Waals surface area contributed by atoms with Crippen LogP contribution in [0, 0.1) is 6.92 Å². The topological polar surface area (TPSA) is 49.7 Å². The van der Waals surface area contributed by atoms with Gasteiger partial charge in [0.05, 0.1) is 12.1 Å². The van der Waals surface area contributed by atoms with Crippen LogP contribution in [0.2, 0.25) is 0 Å². The van der Waals surface area contributed by atoms with Gasteiger partial charge in [-0.15, -0.1) is 0 Å². The van der Waals surface area contributed by atoms with Crippen LogP contribution in [0.1, 0.15) is 31.9 Å². The first-order valence-electron chi connectivity index (χ1n) is 10.1. The molecule has 3 rings (SSSR count). The molecule has 0 amide bonds. The highest BCUT2D eigenvalue weighted by molar-refractivity contribution is 5.89. The fourth-order valence-corrected chi connectivity index (χ4v) is 3.69. The molecule has 28 heavy (non-hydrogen) atoms. The van der Waals surface area contributed by atoms with Crippen molar-refractivity contribution < 1.29 is 14.7 Å². The minimum atomic E-state index is -0.514. The second-order valence-corrected chi connectivity index (χ2v) is 8.66. The zero-order valence-corrected chi connectivity index (χ0v) is 17.5. The molecule has 0 bridgehead atoms. The number of aliphatic hydroxyl groups is 1. The van der Waals surface area contributed by atoms with E-state index in [0.29, 0.717) is 13.2 Å². The Morgan fingerprint density at radius 3 is 2.54 bits per heavy atom. The number of nitrogens with one attached hydrogen (secondary N) is 2. The summed E-state index contributed by atoms with van der Waals surface area (Å²) < 4.78 is 6.01. The van der Waals surface area contributed by atoms with Crippen molar-refractivity contribution in [3.8, 4) is 5.75 Å². The standard InChI is InChI=1S/C24H32N2O2/c1-18-15-25-21-11-8-12-22(23(18)21)28-17-20(27)16-26(24(2,3)4)14-13-19-9-6-5-7-10-19/h5-12,15,20,25,27H,13-14,16-17H2,1-4H3/p+1/t20-/m0/s1. The normalized spacial score (nSPS) is 14.2. The number of quaternary nitrogens is 1. The molecule has 0 aliphatic rings. The number of ether oxygens (including phenoxy) is 1. The molecule has 2 aromatic carbocycles. The molecule has 4 nitrogen and oxygen atoms in total. The van der Waals surface area contributed by atoms with Crippen LogP contribution in [-0.4, -0.2) is 41.4 Å². The summed E-state index contributed by atoms with van der Waals surface area (Å²) in [6.07, 6.45) is 2.48. The van der Waals surface area contributed by atoms with Gasteiger partial charge in [0, 0.05) is 23.5 Å². The first-order chi connectivity index (χ1) is 13.3. The monoisotopic (exact) mass is 381 g/mol. The lowest BCUT2D eigenvalue weighted by Gasteiger charge is -2.34. The molecule has 1 aromatic heterocycles. The van der Waals surface area contributed by atoms with E-state index in [0.717, 1.165) is 35.2 Å². The molecule has 0 saturated carbocycles. The number of aliphatic hydroxyl groups excluding tert-OH is 1. The van der Waals surface area contributed by atoms with E-state index < -0.39 is 6.10 Å². The minimum Gasteiger partial charge on any atom is -0.490 e. The van der Waals surface area contributed by atoms with Gasteiger partial charge in [0.25, 0.3) is 0 Å². The Morgan fingerprint density at radius 2 is 1.82 bits per heavy atom. The van der Waals surface area contributed by atoms with E-state index in [1.807, 2.05) is 30.5 Å². The van der Waals surface area contributed by atoms with Crippen molar-refractivity contribution in [2.45, 2.75) is 45.8 Å². The highest BCUT2D eigenvalue weighted by Crippen LogP contribution is 2.28. The molecule has 3 aromatic rings. The average molecular weight is 382 g/mol.